The zero-order valence-electron chi connectivity index (χ0n) is 11.1. The molecule has 2 saturated heterocycles. The number of anilines is 1. The fourth-order valence-corrected chi connectivity index (χ4v) is 2.74. The summed E-state index contributed by atoms with van der Waals surface area (Å²) >= 11 is 0. The third kappa shape index (κ3) is 3.00. The minimum absolute atomic E-state index is 0.123. The van der Waals surface area contributed by atoms with Crippen LogP contribution in [0.2, 0.25) is 0 Å². The predicted molar refractivity (Wildman–Crippen MR) is 72.3 cm³/mol. The molecule has 0 bridgehead atoms. The molecule has 0 aliphatic carbocycles. The molecule has 2 heterocycles. The lowest BCUT2D eigenvalue weighted by molar-refractivity contribution is 0.0666. The van der Waals surface area contributed by atoms with E-state index < -0.39 is 0 Å². The second-order valence-corrected chi connectivity index (χ2v) is 5.25. The zero-order valence-corrected chi connectivity index (χ0v) is 11.1. The van der Waals surface area contributed by atoms with Crippen molar-refractivity contribution in [2.24, 2.45) is 0 Å². The van der Waals surface area contributed by atoms with Crippen LogP contribution in [0.1, 0.15) is 25.7 Å². The van der Waals surface area contributed by atoms with Crippen molar-refractivity contribution in [3.8, 4) is 5.75 Å². The van der Waals surface area contributed by atoms with Gasteiger partial charge in [-0.05, 0) is 37.8 Å². The molecule has 2 aliphatic heterocycles. The summed E-state index contributed by atoms with van der Waals surface area (Å²) in [6.45, 7) is 3.29. The molecule has 0 aromatic heterocycles. The van der Waals surface area contributed by atoms with Crippen LogP contribution < -0.4 is 9.64 Å². The van der Waals surface area contributed by atoms with E-state index in [2.05, 4.69) is 4.90 Å². The van der Waals surface area contributed by atoms with Crippen LogP contribution in [0.15, 0.2) is 18.2 Å². The highest BCUT2D eigenvalue weighted by atomic mass is 19.1. The third-order valence-corrected chi connectivity index (χ3v) is 3.84. The molecule has 1 unspecified atom stereocenters. The summed E-state index contributed by atoms with van der Waals surface area (Å²) in [5, 5.41) is 0. The van der Waals surface area contributed by atoms with Gasteiger partial charge in [0, 0.05) is 31.5 Å². The highest BCUT2D eigenvalue weighted by molar-refractivity contribution is 5.50. The zero-order chi connectivity index (χ0) is 13.1. The number of halogens is 1. The Morgan fingerprint density at radius 2 is 2.11 bits per heavy atom. The molecule has 1 atom stereocenters. The normalized spacial score (nSPS) is 23.0. The Morgan fingerprint density at radius 3 is 2.79 bits per heavy atom. The summed E-state index contributed by atoms with van der Waals surface area (Å²) in [5.74, 6) is 0.0563. The van der Waals surface area contributed by atoms with Gasteiger partial charge in [0.25, 0.3) is 0 Å². The Labute approximate surface area is 113 Å². The molecule has 0 N–H and O–H groups in total. The van der Waals surface area contributed by atoms with Crippen LogP contribution in [0.25, 0.3) is 0 Å². The summed E-state index contributed by atoms with van der Waals surface area (Å²) in [5.41, 5.74) is 0.958. The smallest absolute Gasteiger partial charge is 0.167 e. The van der Waals surface area contributed by atoms with Crippen molar-refractivity contribution in [3.05, 3.63) is 24.0 Å². The van der Waals surface area contributed by atoms with Gasteiger partial charge in [-0.2, -0.15) is 0 Å². The van der Waals surface area contributed by atoms with Crippen molar-refractivity contribution >= 4 is 5.69 Å². The molecule has 1 aromatic rings. The van der Waals surface area contributed by atoms with E-state index in [4.69, 9.17) is 9.47 Å². The van der Waals surface area contributed by atoms with Crippen molar-refractivity contribution in [1.29, 1.82) is 0 Å². The largest absolute Gasteiger partial charge is 0.488 e. The lowest BCUT2D eigenvalue weighted by atomic mass is 10.2. The predicted octanol–water partition coefficient (Wildman–Crippen LogP) is 2.98. The number of rotatable bonds is 4. The van der Waals surface area contributed by atoms with E-state index in [9.17, 15) is 4.39 Å². The minimum Gasteiger partial charge on any atom is -0.488 e. The fraction of sp³-hybridized carbons (Fsp3) is 0.600. The lowest BCUT2D eigenvalue weighted by Crippen LogP contribution is -2.18. The maximum Gasteiger partial charge on any atom is 0.167 e. The molecule has 4 heteroatoms. The lowest BCUT2D eigenvalue weighted by Gasteiger charge is -2.18. The van der Waals surface area contributed by atoms with Crippen LogP contribution in [0.3, 0.4) is 0 Å². The fourth-order valence-electron chi connectivity index (χ4n) is 2.74. The van der Waals surface area contributed by atoms with Gasteiger partial charge >= 0.3 is 0 Å². The number of ether oxygens (including phenoxy) is 2. The van der Waals surface area contributed by atoms with Crippen molar-refractivity contribution in [3.63, 3.8) is 0 Å². The Bertz CT molecular complexity index is 426. The topological polar surface area (TPSA) is 21.7 Å². The van der Waals surface area contributed by atoms with E-state index in [-0.39, 0.29) is 11.9 Å². The van der Waals surface area contributed by atoms with Crippen molar-refractivity contribution in [2.75, 3.05) is 31.2 Å². The van der Waals surface area contributed by atoms with Crippen LogP contribution in [-0.4, -0.2) is 32.4 Å². The van der Waals surface area contributed by atoms with Gasteiger partial charge in [-0.1, -0.05) is 0 Å². The molecule has 0 amide bonds. The molecule has 0 radical (unpaired) electrons. The van der Waals surface area contributed by atoms with Crippen LogP contribution >= 0.6 is 0 Å². The summed E-state index contributed by atoms with van der Waals surface area (Å²) in [7, 11) is 0. The van der Waals surface area contributed by atoms with Gasteiger partial charge in [-0.3, -0.25) is 0 Å². The van der Waals surface area contributed by atoms with Crippen molar-refractivity contribution in [2.45, 2.75) is 31.8 Å². The van der Waals surface area contributed by atoms with Gasteiger partial charge in [0.05, 0.1) is 6.10 Å². The first-order valence-electron chi connectivity index (χ1n) is 7.12. The molecule has 3 nitrogen and oxygen atoms in total. The molecular weight excluding hydrogens is 245 g/mol. The Hall–Kier alpha value is -1.29. The van der Waals surface area contributed by atoms with Crippen LogP contribution in [-0.2, 0) is 4.74 Å². The van der Waals surface area contributed by atoms with Crippen LogP contribution in [0, 0.1) is 5.82 Å². The molecule has 2 aliphatic rings. The average Bonchev–Trinajstić information content (AvgIpc) is 3.10. The number of nitrogens with zero attached hydrogens (tertiary/aromatic N) is 1. The maximum absolute atomic E-state index is 14.0. The van der Waals surface area contributed by atoms with Crippen molar-refractivity contribution in [1.82, 2.24) is 0 Å². The number of hydrogen-bond donors (Lipinski definition) is 0. The molecule has 0 spiro atoms. The molecule has 2 fully saturated rings. The molecular formula is C15H20FNO2. The summed E-state index contributed by atoms with van der Waals surface area (Å²) in [6.07, 6.45) is 4.59. The van der Waals surface area contributed by atoms with Crippen LogP contribution in [0.4, 0.5) is 10.1 Å². The van der Waals surface area contributed by atoms with E-state index in [0.717, 1.165) is 38.2 Å². The molecule has 3 rings (SSSR count). The first-order valence-corrected chi connectivity index (χ1v) is 7.12. The highest BCUT2D eigenvalue weighted by Crippen LogP contribution is 2.26. The van der Waals surface area contributed by atoms with Gasteiger partial charge in [0.1, 0.15) is 6.61 Å². The Balaban J connectivity index is 1.61. The van der Waals surface area contributed by atoms with E-state index in [0.29, 0.717) is 12.4 Å². The third-order valence-electron chi connectivity index (χ3n) is 3.84. The highest BCUT2D eigenvalue weighted by Gasteiger charge is 2.18. The van der Waals surface area contributed by atoms with Gasteiger partial charge < -0.3 is 14.4 Å². The van der Waals surface area contributed by atoms with Crippen LogP contribution in [0.5, 0.6) is 5.75 Å². The maximum atomic E-state index is 14.0. The standard InChI is InChI=1S/C15H20FNO2/c16-14-10-12(17-7-1-2-8-17)5-6-15(14)19-11-13-4-3-9-18-13/h5-6,10,13H,1-4,7-9,11H2. The monoisotopic (exact) mass is 265 g/mol. The Kier molecular flexibility index (Phi) is 3.87. The van der Waals surface area contributed by atoms with Gasteiger partial charge in [0.2, 0.25) is 0 Å². The van der Waals surface area contributed by atoms with Crippen molar-refractivity contribution < 1.29 is 13.9 Å². The van der Waals surface area contributed by atoms with Gasteiger partial charge in [0.15, 0.2) is 11.6 Å². The first-order chi connectivity index (χ1) is 9.33. The van der Waals surface area contributed by atoms with E-state index >= 15 is 0 Å². The average molecular weight is 265 g/mol. The van der Waals surface area contributed by atoms with E-state index in [1.807, 2.05) is 6.07 Å². The molecule has 19 heavy (non-hydrogen) atoms. The first kappa shape index (κ1) is 12.7. The van der Waals surface area contributed by atoms with E-state index in [1.165, 1.54) is 12.8 Å². The summed E-state index contributed by atoms with van der Waals surface area (Å²) < 4.78 is 25.0. The summed E-state index contributed by atoms with van der Waals surface area (Å²) in [4.78, 5) is 2.22. The van der Waals surface area contributed by atoms with E-state index in [1.54, 1.807) is 12.1 Å². The molecule has 104 valence electrons. The van der Waals surface area contributed by atoms with Gasteiger partial charge in [-0.25, -0.2) is 4.39 Å². The molecule has 0 saturated carbocycles. The van der Waals surface area contributed by atoms with Gasteiger partial charge in [-0.15, -0.1) is 0 Å². The summed E-state index contributed by atoms with van der Waals surface area (Å²) in [6, 6.07) is 5.26. The Morgan fingerprint density at radius 1 is 1.26 bits per heavy atom. The molecule has 1 aromatic carbocycles. The quantitative estimate of drug-likeness (QED) is 0.835. The minimum atomic E-state index is -0.276. The SMILES string of the molecule is Fc1cc(N2CCCC2)ccc1OCC1CCCO1. The number of benzene rings is 1. The second-order valence-electron chi connectivity index (χ2n) is 5.25. The number of hydrogen-bond acceptors (Lipinski definition) is 3. The second kappa shape index (κ2) is 5.78.